The summed E-state index contributed by atoms with van der Waals surface area (Å²) in [5.41, 5.74) is 0.444. The van der Waals surface area contributed by atoms with Crippen molar-refractivity contribution in [1.29, 1.82) is 0 Å². The van der Waals surface area contributed by atoms with E-state index in [2.05, 4.69) is 20.9 Å². The molecule has 1 saturated heterocycles. The fraction of sp³-hybridized carbons (Fsp3) is 0.455. The van der Waals surface area contributed by atoms with Crippen LogP contribution in [0.4, 0.5) is 0 Å². The maximum atomic E-state index is 12.2. The normalized spacial score (nSPS) is 19.8. The molecule has 1 unspecified atom stereocenters. The Bertz CT molecular complexity index is 460. The number of ether oxygens (including phenoxy) is 1. The first-order chi connectivity index (χ1) is 8.58. The third-order valence-electron chi connectivity index (χ3n) is 2.78. The number of aliphatic carboxylic acids is 1. The van der Waals surface area contributed by atoms with Crippen LogP contribution in [-0.4, -0.2) is 52.7 Å². The van der Waals surface area contributed by atoms with Gasteiger partial charge in [-0.2, -0.15) is 0 Å². The van der Waals surface area contributed by atoms with Crippen molar-refractivity contribution < 1.29 is 19.4 Å². The highest BCUT2D eigenvalue weighted by Crippen LogP contribution is 2.17. The van der Waals surface area contributed by atoms with Crippen LogP contribution in [0.5, 0.6) is 0 Å². The summed E-state index contributed by atoms with van der Waals surface area (Å²) in [6.45, 7) is 1.11. The summed E-state index contributed by atoms with van der Waals surface area (Å²) >= 11 is 3.26. The first-order valence-corrected chi connectivity index (χ1v) is 6.31. The van der Waals surface area contributed by atoms with Crippen molar-refractivity contribution in [1.82, 2.24) is 9.88 Å². The smallest absolute Gasteiger partial charge is 0.305 e. The van der Waals surface area contributed by atoms with Crippen molar-refractivity contribution in [2.45, 2.75) is 12.5 Å². The van der Waals surface area contributed by atoms with E-state index in [1.807, 2.05) is 0 Å². The van der Waals surface area contributed by atoms with E-state index < -0.39 is 12.0 Å². The molecule has 0 spiro atoms. The molecule has 0 bridgehead atoms. The lowest BCUT2D eigenvalue weighted by Crippen LogP contribution is -2.49. The van der Waals surface area contributed by atoms with Gasteiger partial charge in [0.15, 0.2) is 0 Å². The standard InChI is InChI=1S/C11H13BrN2O4/c12-7-3-9(13-5-7)11(17)14-1-2-18-6-8(14)4-10(15)16/h3,5,8,13H,1-2,4,6H2,(H,15,16). The van der Waals surface area contributed by atoms with Gasteiger partial charge in [-0.1, -0.05) is 0 Å². The van der Waals surface area contributed by atoms with Crippen molar-refractivity contribution in [3.63, 3.8) is 0 Å². The minimum absolute atomic E-state index is 0.104. The number of carboxylic acid groups (broad SMARTS) is 1. The molecule has 0 saturated carbocycles. The molecule has 7 heteroatoms. The Morgan fingerprint density at radius 1 is 1.61 bits per heavy atom. The topological polar surface area (TPSA) is 82.6 Å². The number of carbonyl (C=O) groups excluding carboxylic acids is 1. The number of hydrogen-bond acceptors (Lipinski definition) is 3. The summed E-state index contributed by atoms with van der Waals surface area (Å²) in [5, 5.41) is 8.83. The fourth-order valence-corrected chi connectivity index (χ4v) is 2.28. The Balaban J connectivity index is 2.13. The van der Waals surface area contributed by atoms with Crippen molar-refractivity contribution in [3.05, 3.63) is 22.4 Å². The van der Waals surface area contributed by atoms with Gasteiger partial charge in [-0.25, -0.2) is 0 Å². The maximum absolute atomic E-state index is 12.2. The number of nitrogens with one attached hydrogen (secondary N) is 1. The molecule has 1 amide bonds. The van der Waals surface area contributed by atoms with Crippen molar-refractivity contribution in [2.24, 2.45) is 0 Å². The van der Waals surface area contributed by atoms with Gasteiger partial charge >= 0.3 is 5.97 Å². The monoisotopic (exact) mass is 316 g/mol. The van der Waals surface area contributed by atoms with Crippen LogP contribution in [0.25, 0.3) is 0 Å². The van der Waals surface area contributed by atoms with Crippen LogP contribution in [0.2, 0.25) is 0 Å². The Morgan fingerprint density at radius 3 is 3.00 bits per heavy atom. The van der Waals surface area contributed by atoms with Gasteiger partial charge in [-0.15, -0.1) is 0 Å². The SMILES string of the molecule is O=C(O)CC1COCCN1C(=O)c1cc(Br)c[nH]1. The number of morpholine rings is 1. The lowest BCUT2D eigenvalue weighted by atomic mass is 10.1. The number of amides is 1. The number of halogens is 1. The molecular formula is C11H13BrN2O4. The quantitative estimate of drug-likeness (QED) is 0.874. The van der Waals surface area contributed by atoms with Gasteiger partial charge in [0.05, 0.1) is 25.7 Å². The lowest BCUT2D eigenvalue weighted by molar-refractivity contribution is -0.139. The van der Waals surface area contributed by atoms with Gasteiger partial charge in [-0.3, -0.25) is 9.59 Å². The molecule has 1 fully saturated rings. The van der Waals surface area contributed by atoms with Gasteiger partial charge in [-0.05, 0) is 22.0 Å². The molecule has 0 radical (unpaired) electrons. The lowest BCUT2D eigenvalue weighted by Gasteiger charge is -2.34. The summed E-state index contributed by atoms with van der Waals surface area (Å²) in [4.78, 5) is 27.4. The van der Waals surface area contributed by atoms with Gasteiger partial charge < -0.3 is 19.7 Å². The Labute approximate surface area is 112 Å². The third kappa shape index (κ3) is 2.91. The predicted molar refractivity (Wildman–Crippen MR) is 66.4 cm³/mol. The first kappa shape index (κ1) is 13.1. The van der Waals surface area contributed by atoms with Crippen molar-refractivity contribution in [2.75, 3.05) is 19.8 Å². The van der Waals surface area contributed by atoms with Crippen LogP contribution in [0.1, 0.15) is 16.9 Å². The summed E-state index contributed by atoms with van der Waals surface area (Å²) in [6, 6.07) is 1.26. The minimum atomic E-state index is -0.934. The van der Waals surface area contributed by atoms with Gasteiger partial charge in [0.1, 0.15) is 5.69 Å². The van der Waals surface area contributed by atoms with Crippen LogP contribution in [0, 0.1) is 0 Å². The zero-order chi connectivity index (χ0) is 13.1. The van der Waals surface area contributed by atoms with E-state index in [0.717, 1.165) is 4.47 Å². The molecule has 1 aromatic rings. The Morgan fingerprint density at radius 2 is 2.39 bits per heavy atom. The van der Waals surface area contributed by atoms with E-state index in [0.29, 0.717) is 18.8 Å². The van der Waals surface area contributed by atoms with E-state index in [4.69, 9.17) is 9.84 Å². The number of aromatic amines is 1. The summed E-state index contributed by atoms with van der Waals surface area (Å²) in [5.74, 6) is -1.13. The number of rotatable bonds is 3. The van der Waals surface area contributed by atoms with E-state index in [1.165, 1.54) is 0 Å². The van der Waals surface area contributed by atoms with E-state index in [-0.39, 0.29) is 18.9 Å². The molecule has 2 heterocycles. The second kappa shape index (κ2) is 5.53. The van der Waals surface area contributed by atoms with Crippen LogP contribution in [0.15, 0.2) is 16.7 Å². The molecule has 6 nitrogen and oxygen atoms in total. The second-order valence-electron chi connectivity index (χ2n) is 4.06. The van der Waals surface area contributed by atoms with Crippen LogP contribution in [0.3, 0.4) is 0 Å². The number of H-pyrrole nitrogens is 1. The van der Waals surface area contributed by atoms with Crippen LogP contribution < -0.4 is 0 Å². The minimum Gasteiger partial charge on any atom is -0.481 e. The van der Waals surface area contributed by atoms with Crippen LogP contribution >= 0.6 is 15.9 Å². The van der Waals surface area contributed by atoms with Gasteiger partial charge in [0, 0.05) is 17.2 Å². The molecule has 2 N–H and O–H groups in total. The van der Waals surface area contributed by atoms with E-state index in [1.54, 1.807) is 17.2 Å². The summed E-state index contributed by atoms with van der Waals surface area (Å²) < 4.78 is 6.01. The number of carbonyl (C=O) groups is 2. The average molecular weight is 317 g/mol. The molecule has 0 aromatic carbocycles. The van der Waals surface area contributed by atoms with Crippen molar-refractivity contribution in [3.8, 4) is 0 Å². The zero-order valence-corrected chi connectivity index (χ0v) is 11.1. The van der Waals surface area contributed by atoms with Crippen LogP contribution in [-0.2, 0) is 9.53 Å². The molecule has 2 rings (SSSR count). The molecule has 1 atom stereocenters. The molecule has 18 heavy (non-hydrogen) atoms. The number of aromatic nitrogens is 1. The number of hydrogen-bond donors (Lipinski definition) is 2. The van der Waals surface area contributed by atoms with Crippen molar-refractivity contribution >= 4 is 27.8 Å². The molecule has 1 aromatic heterocycles. The highest BCUT2D eigenvalue weighted by atomic mass is 79.9. The summed E-state index contributed by atoms with van der Waals surface area (Å²) in [7, 11) is 0. The predicted octanol–water partition coefficient (Wildman–Crippen LogP) is 1.09. The summed E-state index contributed by atoms with van der Waals surface area (Å²) in [6.07, 6.45) is 1.56. The number of nitrogens with zero attached hydrogens (tertiary/aromatic N) is 1. The molecular weight excluding hydrogens is 304 g/mol. The Hall–Kier alpha value is -1.34. The van der Waals surface area contributed by atoms with E-state index in [9.17, 15) is 9.59 Å². The highest BCUT2D eigenvalue weighted by molar-refractivity contribution is 9.10. The molecule has 0 aliphatic carbocycles. The largest absolute Gasteiger partial charge is 0.481 e. The highest BCUT2D eigenvalue weighted by Gasteiger charge is 2.30. The van der Waals surface area contributed by atoms with Gasteiger partial charge in [0.2, 0.25) is 0 Å². The molecule has 1 aliphatic rings. The maximum Gasteiger partial charge on any atom is 0.305 e. The zero-order valence-electron chi connectivity index (χ0n) is 9.56. The Kier molecular flexibility index (Phi) is 4.03. The molecule has 98 valence electrons. The third-order valence-corrected chi connectivity index (χ3v) is 3.23. The second-order valence-corrected chi connectivity index (χ2v) is 4.97. The van der Waals surface area contributed by atoms with E-state index >= 15 is 0 Å². The van der Waals surface area contributed by atoms with Gasteiger partial charge in [0.25, 0.3) is 5.91 Å². The fourth-order valence-electron chi connectivity index (χ4n) is 1.94. The average Bonchev–Trinajstić information content (AvgIpc) is 2.75. The first-order valence-electron chi connectivity index (χ1n) is 5.52. The number of carboxylic acids is 1. The molecule has 1 aliphatic heterocycles.